The lowest BCUT2D eigenvalue weighted by atomic mass is 9.97. The van der Waals surface area contributed by atoms with E-state index in [2.05, 4.69) is 11.4 Å². The molecule has 1 atom stereocenters. The van der Waals surface area contributed by atoms with Crippen molar-refractivity contribution < 1.29 is 17.9 Å². The van der Waals surface area contributed by atoms with Gasteiger partial charge in [0.05, 0.1) is 18.0 Å². The maximum absolute atomic E-state index is 13.1. The van der Waals surface area contributed by atoms with Gasteiger partial charge in [-0.1, -0.05) is 60.2 Å². The molecule has 1 N–H and O–H groups in total. The van der Waals surface area contributed by atoms with Gasteiger partial charge in [0.2, 0.25) is 15.9 Å². The van der Waals surface area contributed by atoms with Crippen molar-refractivity contribution >= 4 is 15.9 Å². The number of carbonyl (C=O) groups is 1. The number of nitrogens with zero attached hydrogens (tertiary/aromatic N) is 1. The number of carbonyl (C=O) groups excluding carboxylic acids is 1. The summed E-state index contributed by atoms with van der Waals surface area (Å²) in [5.74, 6) is 0.465. The summed E-state index contributed by atoms with van der Waals surface area (Å²) in [5, 5.41) is 3.17. The first kappa shape index (κ1) is 24.9. The van der Waals surface area contributed by atoms with Crippen molar-refractivity contribution in [1.29, 1.82) is 0 Å². The highest BCUT2D eigenvalue weighted by molar-refractivity contribution is 7.89. The van der Waals surface area contributed by atoms with Crippen LogP contribution in [-0.4, -0.2) is 38.8 Å². The summed E-state index contributed by atoms with van der Waals surface area (Å²) in [6.07, 6.45) is 2.34. The second-order valence-electron chi connectivity index (χ2n) is 8.91. The van der Waals surface area contributed by atoms with Crippen molar-refractivity contribution in [2.75, 3.05) is 20.2 Å². The van der Waals surface area contributed by atoms with Gasteiger partial charge >= 0.3 is 0 Å². The van der Waals surface area contributed by atoms with Crippen molar-refractivity contribution in [2.45, 2.75) is 43.5 Å². The maximum Gasteiger partial charge on any atom is 0.243 e. The molecule has 3 aromatic rings. The standard InChI is InChI=1S/C28H32N2O4S/c1-21-9-8-12-24(19-21)28(22-10-4-3-5-11-22)29-27(31)16-13-23-20-25(14-15-26(23)34-2)35(32,33)30-17-6-7-18-30/h3-5,8-12,14-15,19-20,28H,6-7,13,16-18H2,1-2H3,(H,29,31)/t28-/m1/s1. The number of ether oxygens (including phenoxy) is 1. The third kappa shape index (κ3) is 5.92. The lowest BCUT2D eigenvalue weighted by Gasteiger charge is -2.21. The number of aryl methyl sites for hydroxylation is 2. The average Bonchev–Trinajstić information content (AvgIpc) is 3.42. The molecule has 1 aliphatic heterocycles. The fraction of sp³-hybridized carbons (Fsp3) is 0.321. The Labute approximate surface area is 208 Å². The third-order valence-corrected chi connectivity index (χ3v) is 8.28. The molecule has 0 aromatic heterocycles. The van der Waals surface area contributed by atoms with E-state index in [1.807, 2.05) is 55.5 Å². The van der Waals surface area contributed by atoms with Crippen molar-refractivity contribution in [3.63, 3.8) is 0 Å². The fourth-order valence-corrected chi connectivity index (χ4v) is 6.09. The van der Waals surface area contributed by atoms with Crippen molar-refractivity contribution in [2.24, 2.45) is 0 Å². The van der Waals surface area contributed by atoms with E-state index in [4.69, 9.17) is 4.74 Å². The van der Waals surface area contributed by atoms with E-state index >= 15 is 0 Å². The maximum atomic E-state index is 13.1. The number of sulfonamides is 1. The van der Waals surface area contributed by atoms with Crippen LogP contribution in [-0.2, 0) is 21.2 Å². The van der Waals surface area contributed by atoms with Crippen LogP contribution in [0.2, 0.25) is 0 Å². The highest BCUT2D eigenvalue weighted by Gasteiger charge is 2.28. The van der Waals surface area contributed by atoms with Crippen LogP contribution in [0.4, 0.5) is 0 Å². The molecule has 0 saturated carbocycles. The third-order valence-electron chi connectivity index (χ3n) is 6.39. The number of hydrogen-bond donors (Lipinski definition) is 1. The number of hydrogen-bond acceptors (Lipinski definition) is 4. The molecule has 0 radical (unpaired) electrons. The van der Waals surface area contributed by atoms with E-state index in [0.29, 0.717) is 30.8 Å². The molecule has 7 heteroatoms. The molecule has 0 spiro atoms. The molecule has 0 aliphatic carbocycles. The topological polar surface area (TPSA) is 75.7 Å². The van der Waals surface area contributed by atoms with E-state index in [1.54, 1.807) is 25.3 Å². The molecular weight excluding hydrogens is 460 g/mol. The van der Waals surface area contributed by atoms with Crippen molar-refractivity contribution in [3.8, 4) is 5.75 Å². The molecule has 35 heavy (non-hydrogen) atoms. The van der Waals surface area contributed by atoms with Gasteiger partial charge in [0.15, 0.2) is 0 Å². The Kier molecular flexibility index (Phi) is 7.88. The zero-order chi connectivity index (χ0) is 24.8. The van der Waals surface area contributed by atoms with Gasteiger partial charge in [0.25, 0.3) is 0 Å². The first-order valence-corrected chi connectivity index (χ1v) is 13.4. The van der Waals surface area contributed by atoms with Gasteiger partial charge in [-0.25, -0.2) is 8.42 Å². The van der Waals surface area contributed by atoms with Crippen LogP contribution in [0.15, 0.2) is 77.7 Å². The van der Waals surface area contributed by atoms with E-state index in [1.165, 1.54) is 4.31 Å². The largest absolute Gasteiger partial charge is 0.496 e. The summed E-state index contributed by atoms with van der Waals surface area (Å²) in [4.78, 5) is 13.3. The summed E-state index contributed by atoms with van der Waals surface area (Å²) >= 11 is 0. The van der Waals surface area contributed by atoms with Crippen LogP contribution in [0, 0.1) is 6.92 Å². The molecule has 6 nitrogen and oxygen atoms in total. The highest BCUT2D eigenvalue weighted by atomic mass is 32.2. The molecule has 3 aromatic carbocycles. The molecule has 1 amide bonds. The summed E-state index contributed by atoms with van der Waals surface area (Å²) in [6.45, 7) is 3.13. The van der Waals surface area contributed by atoms with Gasteiger partial charge in [0.1, 0.15) is 5.75 Å². The monoisotopic (exact) mass is 492 g/mol. The highest BCUT2D eigenvalue weighted by Crippen LogP contribution is 2.28. The minimum Gasteiger partial charge on any atom is -0.496 e. The number of nitrogens with one attached hydrogen (secondary N) is 1. The molecule has 0 unspecified atom stereocenters. The van der Waals surface area contributed by atoms with Crippen molar-refractivity contribution in [1.82, 2.24) is 9.62 Å². The number of rotatable bonds is 9. The normalized spacial score (nSPS) is 15.0. The Morgan fingerprint density at radius 1 is 0.971 bits per heavy atom. The first-order chi connectivity index (χ1) is 16.9. The predicted octanol–water partition coefficient (Wildman–Crippen LogP) is 4.63. The number of methoxy groups -OCH3 is 1. The molecule has 1 fully saturated rings. The Morgan fingerprint density at radius 3 is 2.37 bits per heavy atom. The van der Waals surface area contributed by atoms with E-state index in [-0.39, 0.29) is 23.3 Å². The second kappa shape index (κ2) is 11.1. The summed E-state index contributed by atoms with van der Waals surface area (Å²) in [7, 11) is -1.99. The van der Waals surface area contributed by atoms with E-state index in [0.717, 1.165) is 29.5 Å². The smallest absolute Gasteiger partial charge is 0.243 e. The van der Waals surface area contributed by atoms with E-state index in [9.17, 15) is 13.2 Å². The molecular formula is C28H32N2O4S. The van der Waals surface area contributed by atoms with Crippen LogP contribution in [0.3, 0.4) is 0 Å². The Hall–Kier alpha value is -3.16. The van der Waals surface area contributed by atoms with Gasteiger partial charge < -0.3 is 10.1 Å². The fourth-order valence-electron chi connectivity index (χ4n) is 4.52. The summed E-state index contributed by atoms with van der Waals surface area (Å²) in [6, 6.07) is 22.6. The quantitative estimate of drug-likeness (QED) is 0.473. The molecule has 4 rings (SSSR count). The zero-order valence-corrected chi connectivity index (χ0v) is 21.1. The van der Waals surface area contributed by atoms with Crippen LogP contribution < -0.4 is 10.1 Å². The van der Waals surface area contributed by atoms with Crippen LogP contribution in [0.25, 0.3) is 0 Å². The van der Waals surface area contributed by atoms with Gasteiger partial charge in [-0.2, -0.15) is 4.31 Å². The van der Waals surface area contributed by atoms with Gasteiger partial charge in [-0.15, -0.1) is 0 Å². The second-order valence-corrected chi connectivity index (χ2v) is 10.8. The predicted molar refractivity (Wildman–Crippen MR) is 137 cm³/mol. The average molecular weight is 493 g/mol. The first-order valence-electron chi connectivity index (χ1n) is 12.0. The molecule has 1 aliphatic rings. The van der Waals surface area contributed by atoms with Crippen LogP contribution in [0.1, 0.15) is 47.6 Å². The van der Waals surface area contributed by atoms with Crippen LogP contribution in [0.5, 0.6) is 5.75 Å². The Bertz CT molecular complexity index is 1270. The van der Waals surface area contributed by atoms with E-state index < -0.39 is 10.0 Å². The Balaban J connectivity index is 1.52. The lowest BCUT2D eigenvalue weighted by molar-refractivity contribution is -0.121. The summed E-state index contributed by atoms with van der Waals surface area (Å²) in [5.41, 5.74) is 3.84. The van der Waals surface area contributed by atoms with Crippen molar-refractivity contribution in [3.05, 3.63) is 95.1 Å². The number of amides is 1. The van der Waals surface area contributed by atoms with Gasteiger partial charge in [-0.3, -0.25) is 4.79 Å². The Morgan fingerprint density at radius 2 is 1.69 bits per heavy atom. The van der Waals surface area contributed by atoms with Gasteiger partial charge in [-0.05, 0) is 61.1 Å². The van der Waals surface area contributed by atoms with Gasteiger partial charge in [0, 0.05) is 19.5 Å². The molecule has 1 saturated heterocycles. The molecule has 1 heterocycles. The summed E-state index contributed by atoms with van der Waals surface area (Å²) < 4.78 is 33.0. The molecule has 0 bridgehead atoms. The van der Waals surface area contributed by atoms with Crippen LogP contribution >= 0.6 is 0 Å². The minimum atomic E-state index is -3.54. The molecule has 184 valence electrons. The zero-order valence-electron chi connectivity index (χ0n) is 20.2. The number of benzene rings is 3. The minimum absolute atomic E-state index is 0.116. The lowest BCUT2D eigenvalue weighted by Crippen LogP contribution is -2.29. The SMILES string of the molecule is COc1ccc(S(=O)(=O)N2CCCC2)cc1CCC(=O)N[C@H](c1ccccc1)c1cccc(C)c1.